The number of nitrogens with zero attached hydrogens (tertiary/aromatic N) is 1. The Bertz CT molecular complexity index is 1010. The van der Waals surface area contributed by atoms with Crippen molar-refractivity contribution in [1.29, 1.82) is 0 Å². The minimum Gasteiger partial charge on any atom is -0.325 e. The summed E-state index contributed by atoms with van der Waals surface area (Å²) in [6.45, 7) is 1.02. The SMILES string of the molecule is O=C(CS(=O)(=O)c1ccccc1)Nc1ccc(S(=O)(=O)N2CCCC2)cc1. The molecule has 1 amide bonds. The van der Waals surface area contributed by atoms with Crippen LogP contribution < -0.4 is 5.32 Å². The van der Waals surface area contributed by atoms with Gasteiger partial charge in [0.2, 0.25) is 15.9 Å². The Morgan fingerprint density at radius 3 is 2.04 bits per heavy atom. The Kier molecular flexibility index (Phi) is 5.64. The van der Waals surface area contributed by atoms with Crippen molar-refractivity contribution in [3.8, 4) is 0 Å². The highest BCUT2D eigenvalue weighted by atomic mass is 32.2. The number of carbonyl (C=O) groups excluding carboxylic acids is 1. The molecule has 0 spiro atoms. The van der Waals surface area contributed by atoms with Crippen LogP contribution in [0.2, 0.25) is 0 Å². The van der Waals surface area contributed by atoms with Crippen LogP contribution in [-0.2, 0) is 24.7 Å². The summed E-state index contributed by atoms with van der Waals surface area (Å²) in [5, 5.41) is 2.49. The molecule has 7 nitrogen and oxygen atoms in total. The molecule has 0 aromatic heterocycles. The van der Waals surface area contributed by atoms with Crippen LogP contribution in [-0.4, -0.2) is 45.9 Å². The van der Waals surface area contributed by atoms with E-state index in [0.717, 1.165) is 12.8 Å². The summed E-state index contributed by atoms with van der Waals surface area (Å²) >= 11 is 0. The fraction of sp³-hybridized carbons (Fsp3) is 0.278. The molecule has 0 unspecified atom stereocenters. The van der Waals surface area contributed by atoms with E-state index in [1.165, 1.54) is 40.7 Å². The monoisotopic (exact) mass is 408 g/mol. The molecule has 3 rings (SSSR count). The van der Waals surface area contributed by atoms with E-state index in [4.69, 9.17) is 0 Å². The summed E-state index contributed by atoms with van der Waals surface area (Å²) in [5.74, 6) is -1.38. The zero-order valence-electron chi connectivity index (χ0n) is 14.5. The minimum absolute atomic E-state index is 0.0761. The average Bonchev–Trinajstić information content (AvgIpc) is 3.18. The minimum atomic E-state index is -3.74. The van der Waals surface area contributed by atoms with Crippen LogP contribution in [0.5, 0.6) is 0 Å². The molecule has 1 saturated heterocycles. The van der Waals surface area contributed by atoms with E-state index >= 15 is 0 Å². The summed E-state index contributed by atoms with van der Waals surface area (Å²) in [7, 11) is -7.26. The lowest BCUT2D eigenvalue weighted by atomic mass is 10.3. The number of nitrogens with one attached hydrogen (secondary N) is 1. The molecule has 2 aromatic rings. The summed E-state index contributed by atoms with van der Waals surface area (Å²) in [6, 6.07) is 13.5. The van der Waals surface area contributed by atoms with E-state index in [-0.39, 0.29) is 9.79 Å². The smallest absolute Gasteiger partial charge is 0.243 e. The molecule has 1 fully saturated rings. The topological polar surface area (TPSA) is 101 Å². The number of anilines is 1. The molecule has 144 valence electrons. The van der Waals surface area contributed by atoms with Gasteiger partial charge in [-0.3, -0.25) is 4.79 Å². The van der Waals surface area contributed by atoms with Gasteiger partial charge in [0.1, 0.15) is 5.75 Å². The van der Waals surface area contributed by atoms with Crippen molar-refractivity contribution in [3.05, 3.63) is 54.6 Å². The first-order valence-corrected chi connectivity index (χ1v) is 11.6. The Hall–Kier alpha value is -2.23. The number of rotatable bonds is 6. The number of amides is 1. The van der Waals surface area contributed by atoms with Gasteiger partial charge in [-0.05, 0) is 49.2 Å². The molecule has 1 aliphatic rings. The highest BCUT2D eigenvalue weighted by Crippen LogP contribution is 2.22. The van der Waals surface area contributed by atoms with Gasteiger partial charge in [0.05, 0.1) is 9.79 Å². The lowest BCUT2D eigenvalue weighted by molar-refractivity contribution is -0.113. The van der Waals surface area contributed by atoms with Gasteiger partial charge in [0.15, 0.2) is 9.84 Å². The second-order valence-electron chi connectivity index (χ2n) is 6.26. The first kappa shape index (κ1) is 19.5. The Balaban J connectivity index is 1.67. The lowest BCUT2D eigenvalue weighted by Gasteiger charge is -2.15. The van der Waals surface area contributed by atoms with E-state index in [1.807, 2.05) is 0 Å². The van der Waals surface area contributed by atoms with Gasteiger partial charge in [-0.15, -0.1) is 0 Å². The first-order valence-electron chi connectivity index (χ1n) is 8.47. The van der Waals surface area contributed by atoms with Gasteiger partial charge in [-0.2, -0.15) is 4.31 Å². The van der Waals surface area contributed by atoms with Crippen LogP contribution in [0.15, 0.2) is 64.4 Å². The maximum absolute atomic E-state index is 12.5. The zero-order chi connectivity index (χ0) is 19.5. The average molecular weight is 409 g/mol. The highest BCUT2D eigenvalue weighted by molar-refractivity contribution is 7.92. The maximum Gasteiger partial charge on any atom is 0.243 e. The molecule has 0 saturated carbocycles. The largest absolute Gasteiger partial charge is 0.325 e. The second kappa shape index (κ2) is 7.79. The van der Waals surface area contributed by atoms with Crippen LogP contribution >= 0.6 is 0 Å². The van der Waals surface area contributed by atoms with Crippen molar-refractivity contribution >= 4 is 31.5 Å². The number of hydrogen-bond acceptors (Lipinski definition) is 5. The number of hydrogen-bond donors (Lipinski definition) is 1. The van der Waals surface area contributed by atoms with E-state index < -0.39 is 31.5 Å². The van der Waals surface area contributed by atoms with Gasteiger partial charge in [-0.25, -0.2) is 16.8 Å². The van der Waals surface area contributed by atoms with Gasteiger partial charge < -0.3 is 5.32 Å². The number of benzene rings is 2. The molecule has 9 heteroatoms. The molecule has 1 heterocycles. The standard InChI is InChI=1S/C18H20N2O5S2/c21-18(14-26(22,23)16-6-2-1-3-7-16)19-15-8-10-17(11-9-15)27(24,25)20-12-4-5-13-20/h1-3,6-11H,4-5,12-14H2,(H,19,21). The van der Waals surface area contributed by atoms with Gasteiger partial charge >= 0.3 is 0 Å². The second-order valence-corrected chi connectivity index (χ2v) is 10.2. The third-order valence-corrected chi connectivity index (χ3v) is 7.81. The third kappa shape index (κ3) is 4.55. The van der Waals surface area contributed by atoms with E-state index in [0.29, 0.717) is 18.8 Å². The van der Waals surface area contributed by atoms with Gasteiger partial charge in [0, 0.05) is 18.8 Å². The molecule has 2 aromatic carbocycles. The molecule has 0 radical (unpaired) electrons. The number of sulfonamides is 1. The molecule has 27 heavy (non-hydrogen) atoms. The van der Waals surface area contributed by atoms with Crippen LogP contribution in [0.4, 0.5) is 5.69 Å². The summed E-state index contributed by atoms with van der Waals surface area (Å²) in [5.41, 5.74) is 0.337. The summed E-state index contributed by atoms with van der Waals surface area (Å²) in [6.07, 6.45) is 1.70. The fourth-order valence-corrected chi connectivity index (χ4v) is 5.54. The van der Waals surface area contributed by atoms with E-state index in [2.05, 4.69) is 5.32 Å². The highest BCUT2D eigenvalue weighted by Gasteiger charge is 2.27. The molecule has 0 aliphatic carbocycles. The Labute approximate surface area is 159 Å². The molecular formula is C18H20N2O5S2. The predicted molar refractivity (Wildman–Crippen MR) is 102 cm³/mol. The number of carbonyl (C=O) groups is 1. The Morgan fingerprint density at radius 1 is 0.852 bits per heavy atom. The summed E-state index contributed by atoms with van der Waals surface area (Å²) < 4.78 is 50.8. The quantitative estimate of drug-likeness (QED) is 0.787. The molecule has 0 bridgehead atoms. The van der Waals surface area contributed by atoms with E-state index in [1.54, 1.807) is 18.2 Å². The fourth-order valence-electron chi connectivity index (χ4n) is 2.87. The van der Waals surface area contributed by atoms with Crippen molar-refractivity contribution in [2.75, 3.05) is 24.2 Å². The van der Waals surface area contributed by atoms with Crippen LogP contribution in [0.1, 0.15) is 12.8 Å². The van der Waals surface area contributed by atoms with Crippen LogP contribution in [0, 0.1) is 0 Å². The van der Waals surface area contributed by atoms with Crippen molar-refractivity contribution < 1.29 is 21.6 Å². The predicted octanol–water partition coefficient (Wildman–Crippen LogP) is 1.88. The zero-order valence-corrected chi connectivity index (χ0v) is 16.2. The third-order valence-electron chi connectivity index (χ3n) is 4.26. The van der Waals surface area contributed by atoms with Crippen molar-refractivity contribution in [2.45, 2.75) is 22.6 Å². The first-order chi connectivity index (χ1) is 12.8. The molecular weight excluding hydrogens is 388 g/mol. The van der Waals surface area contributed by atoms with Gasteiger partial charge in [-0.1, -0.05) is 18.2 Å². The Morgan fingerprint density at radius 2 is 1.44 bits per heavy atom. The molecule has 1 N–H and O–H groups in total. The molecule has 0 atom stereocenters. The normalized spacial score (nSPS) is 15.6. The lowest BCUT2D eigenvalue weighted by Crippen LogP contribution is -2.27. The van der Waals surface area contributed by atoms with Crippen molar-refractivity contribution in [1.82, 2.24) is 4.31 Å². The van der Waals surface area contributed by atoms with E-state index in [9.17, 15) is 21.6 Å². The molecule has 1 aliphatic heterocycles. The van der Waals surface area contributed by atoms with Crippen molar-refractivity contribution in [2.24, 2.45) is 0 Å². The summed E-state index contributed by atoms with van der Waals surface area (Å²) in [4.78, 5) is 12.3. The number of sulfone groups is 1. The maximum atomic E-state index is 12.5. The van der Waals surface area contributed by atoms with Crippen LogP contribution in [0.25, 0.3) is 0 Å². The van der Waals surface area contributed by atoms with Crippen molar-refractivity contribution in [3.63, 3.8) is 0 Å². The van der Waals surface area contributed by atoms with Gasteiger partial charge in [0.25, 0.3) is 0 Å². The van der Waals surface area contributed by atoms with Crippen LogP contribution in [0.3, 0.4) is 0 Å².